The largest absolute Gasteiger partial charge is 0.474 e. The van der Waals surface area contributed by atoms with Gasteiger partial charge in [-0.15, -0.1) is 0 Å². The van der Waals surface area contributed by atoms with Crippen LogP contribution in [-0.2, 0) is 4.79 Å². The van der Waals surface area contributed by atoms with Crippen molar-refractivity contribution in [1.82, 2.24) is 15.3 Å². The number of rotatable bonds is 8. The standard InChI is InChI=1S/C19H24N4O2/c1-4-5-8-11-21-18(24)14(12-20)17-19(25-13(2)3)23-16-10-7-6-9-15(16)22-17/h6-7,9-10,13-14H,4-5,8,11H2,1-3H3,(H,21,24). The number of nitrogens with one attached hydrogen (secondary N) is 1. The van der Waals surface area contributed by atoms with Gasteiger partial charge in [0.05, 0.1) is 23.2 Å². The minimum Gasteiger partial charge on any atom is -0.474 e. The molecule has 25 heavy (non-hydrogen) atoms. The topological polar surface area (TPSA) is 87.9 Å². The first-order valence-corrected chi connectivity index (χ1v) is 8.67. The van der Waals surface area contributed by atoms with Gasteiger partial charge in [-0.25, -0.2) is 9.97 Å². The van der Waals surface area contributed by atoms with E-state index in [9.17, 15) is 10.1 Å². The molecule has 1 aromatic carbocycles. The lowest BCUT2D eigenvalue weighted by molar-refractivity contribution is -0.121. The fraction of sp³-hybridized carbons (Fsp3) is 0.474. The summed E-state index contributed by atoms with van der Waals surface area (Å²) < 4.78 is 5.72. The van der Waals surface area contributed by atoms with Crippen molar-refractivity contribution < 1.29 is 9.53 Å². The summed E-state index contributed by atoms with van der Waals surface area (Å²) in [6.07, 6.45) is 2.86. The normalized spacial score (nSPS) is 12.0. The van der Waals surface area contributed by atoms with Gasteiger partial charge in [0.2, 0.25) is 11.8 Å². The molecule has 0 bridgehead atoms. The quantitative estimate of drug-likeness (QED) is 0.745. The van der Waals surface area contributed by atoms with E-state index in [4.69, 9.17) is 4.74 Å². The van der Waals surface area contributed by atoms with E-state index in [0.717, 1.165) is 19.3 Å². The van der Waals surface area contributed by atoms with Crippen molar-refractivity contribution >= 4 is 16.9 Å². The van der Waals surface area contributed by atoms with Gasteiger partial charge in [0, 0.05) is 6.54 Å². The number of hydrogen-bond acceptors (Lipinski definition) is 5. The molecule has 0 aliphatic carbocycles. The Bertz CT molecular complexity index is 768. The number of unbranched alkanes of at least 4 members (excludes halogenated alkanes) is 2. The molecule has 1 aromatic heterocycles. The number of aromatic nitrogens is 2. The number of hydrogen-bond donors (Lipinski definition) is 1. The van der Waals surface area contributed by atoms with Gasteiger partial charge in [-0.2, -0.15) is 5.26 Å². The lowest BCUT2D eigenvalue weighted by Crippen LogP contribution is -2.30. The molecule has 1 N–H and O–H groups in total. The van der Waals surface area contributed by atoms with Crippen LogP contribution in [0.1, 0.15) is 51.6 Å². The zero-order chi connectivity index (χ0) is 18.2. The van der Waals surface area contributed by atoms with Crippen LogP contribution in [-0.4, -0.2) is 28.5 Å². The molecule has 1 amide bonds. The summed E-state index contributed by atoms with van der Waals surface area (Å²) in [5.74, 6) is -1.17. The summed E-state index contributed by atoms with van der Waals surface area (Å²) in [7, 11) is 0. The van der Waals surface area contributed by atoms with Gasteiger partial charge >= 0.3 is 0 Å². The van der Waals surface area contributed by atoms with Crippen molar-refractivity contribution in [3.05, 3.63) is 30.0 Å². The van der Waals surface area contributed by atoms with Crippen LogP contribution in [0, 0.1) is 11.3 Å². The molecule has 0 aliphatic rings. The second-order valence-electron chi connectivity index (χ2n) is 6.13. The lowest BCUT2D eigenvalue weighted by atomic mass is 10.1. The average Bonchev–Trinajstić information content (AvgIpc) is 2.59. The van der Waals surface area contributed by atoms with Gasteiger partial charge in [-0.3, -0.25) is 4.79 Å². The van der Waals surface area contributed by atoms with Gasteiger partial charge in [-0.05, 0) is 32.4 Å². The highest BCUT2D eigenvalue weighted by molar-refractivity contribution is 5.87. The Morgan fingerprint density at radius 3 is 2.52 bits per heavy atom. The second-order valence-corrected chi connectivity index (χ2v) is 6.13. The van der Waals surface area contributed by atoms with Crippen molar-refractivity contribution in [2.24, 2.45) is 0 Å². The van der Waals surface area contributed by atoms with E-state index in [0.29, 0.717) is 17.6 Å². The first-order valence-electron chi connectivity index (χ1n) is 8.67. The number of para-hydroxylation sites is 2. The molecule has 2 rings (SSSR count). The second kappa shape index (κ2) is 8.97. The number of carbonyl (C=O) groups excluding carboxylic acids is 1. The fourth-order valence-corrected chi connectivity index (χ4v) is 2.43. The van der Waals surface area contributed by atoms with Crippen LogP contribution in [0.15, 0.2) is 24.3 Å². The average molecular weight is 340 g/mol. The number of ether oxygens (including phenoxy) is 1. The van der Waals surface area contributed by atoms with E-state index >= 15 is 0 Å². The SMILES string of the molecule is CCCCCNC(=O)C(C#N)c1nc2ccccc2nc1OC(C)C. The molecular formula is C19H24N4O2. The summed E-state index contributed by atoms with van der Waals surface area (Å²) in [5.41, 5.74) is 1.57. The Morgan fingerprint density at radius 1 is 1.24 bits per heavy atom. The molecule has 1 atom stereocenters. The lowest BCUT2D eigenvalue weighted by Gasteiger charge is -2.16. The molecule has 0 spiro atoms. The van der Waals surface area contributed by atoms with Crippen LogP contribution in [0.3, 0.4) is 0 Å². The molecule has 0 saturated carbocycles. The molecule has 2 aromatic rings. The molecule has 6 nitrogen and oxygen atoms in total. The Morgan fingerprint density at radius 2 is 1.92 bits per heavy atom. The van der Waals surface area contributed by atoms with Gasteiger partial charge < -0.3 is 10.1 Å². The van der Waals surface area contributed by atoms with Gasteiger partial charge in [0.15, 0.2) is 5.92 Å². The molecule has 132 valence electrons. The Labute approximate surface area is 148 Å². The van der Waals surface area contributed by atoms with E-state index in [1.807, 2.05) is 38.1 Å². The number of amides is 1. The minimum absolute atomic E-state index is 0.138. The summed E-state index contributed by atoms with van der Waals surface area (Å²) in [6, 6.07) is 9.37. The van der Waals surface area contributed by atoms with Crippen LogP contribution in [0.2, 0.25) is 0 Å². The highest BCUT2D eigenvalue weighted by Crippen LogP contribution is 2.26. The van der Waals surface area contributed by atoms with Crippen molar-refractivity contribution in [1.29, 1.82) is 5.26 Å². The molecule has 1 unspecified atom stereocenters. The van der Waals surface area contributed by atoms with Crippen molar-refractivity contribution in [3.8, 4) is 11.9 Å². The molecule has 0 fully saturated rings. The maximum absolute atomic E-state index is 12.5. The fourth-order valence-electron chi connectivity index (χ4n) is 2.43. The zero-order valence-corrected chi connectivity index (χ0v) is 15.0. The minimum atomic E-state index is -1.05. The Kier molecular flexibility index (Phi) is 6.70. The Balaban J connectivity index is 2.34. The predicted molar refractivity (Wildman–Crippen MR) is 96.2 cm³/mol. The summed E-state index contributed by atoms with van der Waals surface area (Å²) in [5, 5.41) is 12.4. The van der Waals surface area contributed by atoms with E-state index < -0.39 is 5.92 Å². The number of fused-ring (bicyclic) bond motifs is 1. The molecule has 6 heteroatoms. The van der Waals surface area contributed by atoms with Gasteiger partial charge in [0.25, 0.3) is 0 Å². The highest BCUT2D eigenvalue weighted by atomic mass is 16.5. The molecule has 0 radical (unpaired) electrons. The van der Waals surface area contributed by atoms with Crippen molar-refractivity contribution in [2.75, 3.05) is 6.54 Å². The number of carbonyl (C=O) groups is 1. The number of benzene rings is 1. The smallest absolute Gasteiger partial charge is 0.243 e. The molecular weight excluding hydrogens is 316 g/mol. The van der Waals surface area contributed by atoms with Crippen LogP contribution >= 0.6 is 0 Å². The van der Waals surface area contributed by atoms with Crippen LogP contribution in [0.25, 0.3) is 11.0 Å². The zero-order valence-electron chi connectivity index (χ0n) is 15.0. The summed E-state index contributed by atoms with van der Waals surface area (Å²) in [6.45, 7) is 6.38. The molecule has 1 heterocycles. The Hall–Kier alpha value is -2.68. The van der Waals surface area contributed by atoms with Crippen LogP contribution in [0.4, 0.5) is 0 Å². The predicted octanol–water partition coefficient (Wildman–Crippen LogP) is 3.33. The van der Waals surface area contributed by atoms with Crippen molar-refractivity contribution in [2.45, 2.75) is 52.1 Å². The van der Waals surface area contributed by atoms with Gasteiger partial charge in [0.1, 0.15) is 5.69 Å². The third kappa shape index (κ3) is 4.90. The van der Waals surface area contributed by atoms with E-state index in [-0.39, 0.29) is 23.6 Å². The molecule has 0 saturated heterocycles. The van der Waals surface area contributed by atoms with E-state index in [1.165, 1.54) is 0 Å². The molecule has 0 aliphatic heterocycles. The van der Waals surface area contributed by atoms with E-state index in [2.05, 4.69) is 22.2 Å². The van der Waals surface area contributed by atoms with Crippen molar-refractivity contribution in [3.63, 3.8) is 0 Å². The summed E-state index contributed by atoms with van der Waals surface area (Å²) in [4.78, 5) is 21.4. The summed E-state index contributed by atoms with van der Waals surface area (Å²) >= 11 is 0. The maximum Gasteiger partial charge on any atom is 0.243 e. The monoisotopic (exact) mass is 340 g/mol. The maximum atomic E-state index is 12.5. The first kappa shape index (κ1) is 18.7. The van der Waals surface area contributed by atoms with Gasteiger partial charge in [-0.1, -0.05) is 31.9 Å². The highest BCUT2D eigenvalue weighted by Gasteiger charge is 2.27. The first-order chi connectivity index (χ1) is 12.1. The van der Waals surface area contributed by atoms with Crippen LogP contribution < -0.4 is 10.1 Å². The third-order valence-corrected chi connectivity index (χ3v) is 3.66. The number of nitriles is 1. The third-order valence-electron chi connectivity index (χ3n) is 3.66. The van der Waals surface area contributed by atoms with E-state index in [1.54, 1.807) is 6.07 Å². The number of nitrogens with zero attached hydrogens (tertiary/aromatic N) is 3. The van der Waals surface area contributed by atoms with Crippen LogP contribution in [0.5, 0.6) is 5.88 Å².